The van der Waals surface area contributed by atoms with Crippen LogP contribution in [0.5, 0.6) is 0 Å². The molecule has 2 aliphatic rings. The van der Waals surface area contributed by atoms with E-state index in [9.17, 15) is 19.2 Å². The van der Waals surface area contributed by atoms with Gasteiger partial charge in [-0.05, 0) is 20.8 Å². The predicted octanol–water partition coefficient (Wildman–Crippen LogP) is 0.154. The molecule has 0 unspecified atom stereocenters. The van der Waals surface area contributed by atoms with E-state index in [1.807, 2.05) is 0 Å². The summed E-state index contributed by atoms with van der Waals surface area (Å²) in [5.74, 6) is -2.14. The van der Waals surface area contributed by atoms with Gasteiger partial charge in [-0.3, -0.25) is 19.3 Å². The van der Waals surface area contributed by atoms with Crippen LogP contribution in [0.1, 0.15) is 33.6 Å². The third kappa shape index (κ3) is 3.37. The van der Waals surface area contributed by atoms with Crippen molar-refractivity contribution in [2.45, 2.75) is 51.3 Å². The van der Waals surface area contributed by atoms with E-state index in [0.29, 0.717) is 0 Å². The van der Waals surface area contributed by atoms with Gasteiger partial charge in [-0.1, -0.05) is 0 Å². The summed E-state index contributed by atoms with van der Waals surface area (Å²) in [6.45, 7) is 5.39. The molecule has 2 fully saturated rings. The van der Waals surface area contributed by atoms with Crippen molar-refractivity contribution in [2.75, 3.05) is 6.54 Å². The van der Waals surface area contributed by atoms with Crippen LogP contribution < -0.4 is 5.32 Å². The van der Waals surface area contributed by atoms with Gasteiger partial charge in [-0.2, -0.15) is 0 Å². The number of carboxylic acids is 1. The summed E-state index contributed by atoms with van der Waals surface area (Å²) in [5, 5.41) is 11.3. The standard InChI is InChI=1S/C14H20N2O6/c1-14(2,3)22-13(21)16-6-7(4-8(17)5-9(18)19)10-11(16)12(20)15-10/h7,10-11H,4-6H2,1-3H3,(H,15,20)(H,18,19)/t7-,10-,11+/m1/s1. The summed E-state index contributed by atoms with van der Waals surface area (Å²) in [6.07, 6.45) is -1.12. The number of Topliss-reactive ketones (excluding diaryl/α,β-unsaturated/α-hetero) is 1. The van der Waals surface area contributed by atoms with Crippen molar-refractivity contribution in [3.05, 3.63) is 0 Å². The van der Waals surface area contributed by atoms with Crippen molar-refractivity contribution >= 4 is 23.8 Å². The Morgan fingerprint density at radius 3 is 2.50 bits per heavy atom. The predicted molar refractivity (Wildman–Crippen MR) is 74.0 cm³/mol. The molecule has 2 N–H and O–H groups in total. The SMILES string of the molecule is CC(C)(C)OC(=O)N1C[C@@H](CC(=O)CC(=O)O)[C@H]2NC(=O)[C@H]21. The van der Waals surface area contributed by atoms with Crippen LogP contribution in [0.2, 0.25) is 0 Å². The van der Waals surface area contributed by atoms with Crippen molar-refractivity contribution in [3.8, 4) is 0 Å². The van der Waals surface area contributed by atoms with Crippen molar-refractivity contribution in [1.82, 2.24) is 10.2 Å². The van der Waals surface area contributed by atoms with Gasteiger partial charge in [0.1, 0.15) is 23.8 Å². The second-order valence-electron chi connectivity index (χ2n) is 6.69. The molecule has 122 valence electrons. The molecule has 0 aromatic carbocycles. The molecule has 22 heavy (non-hydrogen) atoms. The summed E-state index contributed by atoms with van der Waals surface area (Å²) in [5.41, 5.74) is -0.677. The normalized spacial score (nSPS) is 26.8. The van der Waals surface area contributed by atoms with Gasteiger partial charge in [-0.25, -0.2) is 4.79 Å². The Kier molecular flexibility index (Phi) is 4.12. The van der Waals surface area contributed by atoms with E-state index in [1.54, 1.807) is 20.8 Å². The molecule has 8 heteroatoms. The van der Waals surface area contributed by atoms with Crippen LogP contribution in [0, 0.1) is 5.92 Å². The highest BCUT2D eigenvalue weighted by Crippen LogP contribution is 2.33. The van der Waals surface area contributed by atoms with E-state index in [-0.39, 0.29) is 30.8 Å². The number of ketones is 1. The third-order valence-electron chi connectivity index (χ3n) is 3.66. The molecule has 0 aromatic rings. The highest BCUT2D eigenvalue weighted by molar-refractivity contribution is 5.96. The molecule has 2 saturated heterocycles. The molecule has 0 aliphatic carbocycles. The maximum Gasteiger partial charge on any atom is 0.411 e. The number of fused-ring (bicyclic) bond motifs is 1. The van der Waals surface area contributed by atoms with Crippen molar-refractivity contribution < 1.29 is 29.0 Å². The third-order valence-corrected chi connectivity index (χ3v) is 3.66. The fourth-order valence-corrected chi connectivity index (χ4v) is 2.82. The first kappa shape index (κ1) is 16.3. The number of hydrogen-bond acceptors (Lipinski definition) is 5. The first-order chi connectivity index (χ1) is 10.1. The molecule has 8 nitrogen and oxygen atoms in total. The molecule has 0 bridgehead atoms. The van der Waals surface area contributed by atoms with Gasteiger partial charge in [0.2, 0.25) is 5.91 Å². The molecule has 2 heterocycles. The van der Waals surface area contributed by atoms with Gasteiger partial charge < -0.3 is 15.2 Å². The number of hydrogen-bond donors (Lipinski definition) is 2. The van der Waals surface area contributed by atoms with Crippen LogP contribution in [-0.4, -0.2) is 58.0 Å². The van der Waals surface area contributed by atoms with Gasteiger partial charge >= 0.3 is 12.1 Å². The summed E-state index contributed by atoms with van der Waals surface area (Å²) >= 11 is 0. The number of rotatable bonds is 4. The summed E-state index contributed by atoms with van der Waals surface area (Å²) in [6, 6.07) is -0.935. The second kappa shape index (κ2) is 5.58. The molecule has 3 atom stereocenters. The van der Waals surface area contributed by atoms with Crippen LogP contribution in [0.25, 0.3) is 0 Å². The van der Waals surface area contributed by atoms with E-state index < -0.39 is 35.9 Å². The van der Waals surface area contributed by atoms with Gasteiger partial charge in [-0.15, -0.1) is 0 Å². The van der Waals surface area contributed by atoms with Gasteiger partial charge in [0.25, 0.3) is 0 Å². The van der Waals surface area contributed by atoms with E-state index in [0.717, 1.165) is 0 Å². The Labute approximate surface area is 127 Å². The van der Waals surface area contributed by atoms with Crippen molar-refractivity contribution in [1.29, 1.82) is 0 Å². The van der Waals surface area contributed by atoms with Crippen LogP contribution in [0.15, 0.2) is 0 Å². The molecule has 2 amide bonds. The second-order valence-corrected chi connectivity index (χ2v) is 6.69. The number of likely N-dealkylation sites (tertiary alicyclic amines) is 1. The number of carbonyl (C=O) groups is 4. The first-order valence-electron chi connectivity index (χ1n) is 7.12. The van der Waals surface area contributed by atoms with E-state index in [4.69, 9.17) is 9.84 Å². The fourth-order valence-electron chi connectivity index (χ4n) is 2.82. The highest BCUT2D eigenvalue weighted by Gasteiger charge is 2.56. The van der Waals surface area contributed by atoms with E-state index in [1.165, 1.54) is 4.90 Å². The number of aliphatic carboxylic acids is 1. The van der Waals surface area contributed by atoms with Gasteiger partial charge in [0, 0.05) is 18.9 Å². The van der Waals surface area contributed by atoms with E-state index >= 15 is 0 Å². The Hall–Kier alpha value is -2.12. The number of β-lactam (4-membered cyclic amide) rings is 1. The summed E-state index contributed by atoms with van der Waals surface area (Å²) < 4.78 is 5.27. The molecular formula is C14H20N2O6. The number of amides is 2. The average Bonchev–Trinajstić information content (AvgIpc) is 2.58. The topological polar surface area (TPSA) is 113 Å². The Morgan fingerprint density at radius 1 is 1.36 bits per heavy atom. The van der Waals surface area contributed by atoms with Crippen molar-refractivity contribution in [3.63, 3.8) is 0 Å². The maximum absolute atomic E-state index is 12.2. The molecule has 2 aliphatic heterocycles. The first-order valence-corrected chi connectivity index (χ1v) is 7.12. The van der Waals surface area contributed by atoms with Gasteiger partial charge in [0.15, 0.2) is 0 Å². The number of ether oxygens (including phenoxy) is 1. The zero-order chi connectivity index (χ0) is 16.7. The number of nitrogens with zero attached hydrogens (tertiary/aromatic N) is 1. The van der Waals surface area contributed by atoms with Crippen LogP contribution in [-0.2, 0) is 19.1 Å². The fraction of sp³-hybridized carbons (Fsp3) is 0.714. The smallest absolute Gasteiger partial charge is 0.411 e. The lowest BCUT2D eigenvalue weighted by Crippen LogP contribution is -2.66. The monoisotopic (exact) mass is 312 g/mol. The maximum atomic E-state index is 12.2. The lowest BCUT2D eigenvalue weighted by Gasteiger charge is -2.37. The largest absolute Gasteiger partial charge is 0.481 e. The highest BCUT2D eigenvalue weighted by atomic mass is 16.6. The Bertz CT molecular complexity index is 524. The van der Waals surface area contributed by atoms with Crippen LogP contribution in [0.3, 0.4) is 0 Å². The molecule has 0 radical (unpaired) electrons. The van der Waals surface area contributed by atoms with Gasteiger partial charge in [0.05, 0.1) is 6.04 Å². The molecular weight excluding hydrogens is 292 g/mol. The van der Waals surface area contributed by atoms with Crippen LogP contribution >= 0.6 is 0 Å². The number of nitrogens with one attached hydrogen (secondary N) is 1. The minimum atomic E-state index is -1.18. The van der Waals surface area contributed by atoms with Crippen molar-refractivity contribution in [2.24, 2.45) is 5.92 Å². The number of carbonyl (C=O) groups excluding carboxylic acids is 3. The molecule has 0 saturated carbocycles. The van der Waals surface area contributed by atoms with Crippen LogP contribution in [0.4, 0.5) is 4.79 Å². The zero-order valence-corrected chi connectivity index (χ0v) is 12.8. The summed E-state index contributed by atoms with van der Waals surface area (Å²) in [4.78, 5) is 47.3. The molecule has 0 spiro atoms. The summed E-state index contributed by atoms with van der Waals surface area (Å²) in [7, 11) is 0. The number of carboxylic acid groups (broad SMARTS) is 1. The Morgan fingerprint density at radius 2 is 2.00 bits per heavy atom. The van der Waals surface area contributed by atoms with E-state index in [2.05, 4.69) is 5.32 Å². The minimum absolute atomic E-state index is 0.0209. The zero-order valence-electron chi connectivity index (χ0n) is 12.8. The minimum Gasteiger partial charge on any atom is -0.481 e. The molecule has 0 aromatic heterocycles. The lowest BCUT2D eigenvalue weighted by molar-refractivity contribution is -0.141. The quantitative estimate of drug-likeness (QED) is 0.564. The Balaban J connectivity index is 2.02. The molecule has 2 rings (SSSR count). The lowest BCUT2D eigenvalue weighted by atomic mass is 9.88. The average molecular weight is 312 g/mol.